The fourth-order valence-corrected chi connectivity index (χ4v) is 2.24. The van der Waals surface area contributed by atoms with Gasteiger partial charge in [-0.05, 0) is 36.4 Å². The van der Waals surface area contributed by atoms with Crippen molar-refractivity contribution in [1.82, 2.24) is 0 Å². The molecule has 2 rings (SSSR count). The van der Waals surface area contributed by atoms with Crippen molar-refractivity contribution in [1.29, 1.82) is 0 Å². The van der Waals surface area contributed by atoms with E-state index in [0.717, 1.165) is 0 Å². The summed E-state index contributed by atoms with van der Waals surface area (Å²) in [5.41, 5.74) is 1.16. The van der Waals surface area contributed by atoms with Crippen molar-refractivity contribution >= 4 is 25.1 Å². The van der Waals surface area contributed by atoms with Gasteiger partial charge in [-0.1, -0.05) is 0 Å². The third-order valence-electron chi connectivity index (χ3n) is 3.62. The monoisotopic (exact) mass is 370 g/mol. The van der Waals surface area contributed by atoms with Gasteiger partial charge < -0.3 is 14.2 Å². The zero-order valence-electron chi connectivity index (χ0n) is 14.5. The predicted molar refractivity (Wildman–Crippen MR) is 96.2 cm³/mol. The van der Waals surface area contributed by atoms with Gasteiger partial charge >= 0.3 is 0 Å². The van der Waals surface area contributed by atoms with Gasteiger partial charge in [-0.3, -0.25) is 19.2 Å². The molecule has 2 aromatic carbocycles. The van der Waals surface area contributed by atoms with E-state index >= 15 is 0 Å². The molecular formula is C20H18O7. The average molecular weight is 370 g/mol. The number of hydrogen-bond donors (Lipinski definition) is 0. The van der Waals surface area contributed by atoms with Crippen molar-refractivity contribution in [3.8, 4) is 11.5 Å². The summed E-state index contributed by atoms with van der Waals surface area (Å²) in [6, 6.07) is 9.23. The molecule has 27 heavy (non-hydrogen) atoms. The van der Waals surface area contributed by atoms with E-state index in [4.69, 9.17) is 14.2 Å². The molecule has 0 aliphatic rings. The quantitative estimate of drug-likeness (QED) is 0.418. The summed E-state index contributed by atoms with van der Waals surface area (Å²) in [5.74, 6) is 0.943. The van der Waals surface area contributed by atoms with Crippen LogP contribution < -0.4 is 9.47 Å². The summed E-state index contributed by atoms with van der Waals surface area (Å²) in [5, 5.41) is 0. The maximum atomic E-state index is 10.9. The van der Waals surface area contributed by atoms with E-state index < -0.39 is 0 Å². The highest BCUT2D eigenvalue weighted by Gasteiger charge is 2.04. The zero-order valence-corrected chi connectivity index (χ0v) is 14.5. The minimum Gasteiger partial charge on any atom is -0.491 e. The van der Waals surface area contributed by atoms with E-state index in [0.29, 0.717) is 61.0 Å². The van der Waals surface area contributed by atoms with Crippen LogP contribution >= 0.6 is 0 Å². The van der Waals surface area contributed by atoms with Gasteiger partial charge in [0.25, 0.3) is 0 Å². The third kappa shape index (κ3) is 5.86. The Labute approximate surface area is 155 Å². The van der Waals surface area contributed by atoms with Gasteiger partial charge in [-0.25, -0.2) is 0 Å². The van der Waals surface area contributed by atoms with E-state index in [2.05, 4.69) is 0 Å². The Morgan fingerprint density at radius 1 is 0.556 bits per heavy atom. The van der Waals surface area contributed by atoms with E-state index in [-0.39, 0.29) is 24.3 Å². The van der Waals surface area contributed by atoms with Crippen LogP contribution in [0.5, 0.6) is 11.5 Å². The molecule has 0 saturated carbocycles. The maximum Gasteiger partial charge on any atom is 0.150 e. The number of benzene rings is 2. The van der Waals surface area contributed by atoms with Crippen LogP contribution in [0.15, 0.2) is 36.4 Å². The van der Waals surface area contributed by atoms with Gasteiger partial charge in [-0.15, -0.1) is 0 Å². The Kier molecular flexibility index (Phi) is 7.87. The Hall–Kier alpha value is -3.32. The second kappa shape index (κ2) is 10.6. The third-order valence-corrected chi connectivity index (χ3v) is 3.62. The molecule has 0 bridgehead atoms. The second-order valence-corrected chi connectivity index (χ2v) is 5.36. The van der Waals surface area contributed by atoms with Crippen LogP contribution in [-0.2, 0) is 4.74 Å². The molecule has 0 spiro atoms. The van der Waals surface area contributed by atoms with E-state index in [1.54, 1.807) is 12.1 Å². The highest BCUT2D eigenvalue weighted by atomic mass is 16.5. The first-order chi connectivity index (χ1) is 13.2. The molecule has 0 unspecified atom stereocenters. The molecule has 0 aliphatic heterocycles. The van der Waals surface area contributed by atoms with Crippen LogP contribution in [0, 0.1) is 0 Å². The van der Waals surface area contributed by atoms with Crippen molar-refractivity contribution in [2.75, 3.05) is 26.4 Å². The lowest BCUT2D eigenvalue weighted by Gasteiger charge is -2.10. The summed E-state index contributed by atoms with van der Waals surface area (Å²) in [6.07, 6.45) is 2.42. The smallest absolute Gasteiger partial charge is 0.150 e. The number of hydrogen-bond acceptors (Lipinski definition) is 7. The fourth-order valence-electron chi connectivity index (χ4n) is 2.24. The minimum atomic E-state index is 0.266. The molecule has 0 heterocycles. The first kappa shape index (κ1) is 20.0. The fraction of sp³-hybridized carbons (Fsp3) is 0.200. The van der Waals surface area contributed by atoms with Gasteiger partial charge in [0.2, 0.25) is 0 Å². The van der Waals surface area contributed by atoms with Crippen molar-refractivity contribution in [2.24, 2.45) is 0 Å². The largest absolute Gasteiger partial charge is 0.491 e. The molecule has 7 heteroatoms. The summed E-state index contributed by atoms with van der Waals surface area (Å²) >= 11 is 0. The van der Waals surface area contributed by atoms with Crippen LogP contribution in [0.25, 0.3) is 0 Å². The van der Waals surface area contributed by atoms with Crippen molar-refractivity contribution < 1.29 is 33.4 Å². The topological polar surface area (TPSA) is 96.0 Å². The minimum absolute atomic E-state index is 0.266. The molecule has 7 nitrogen and oxygen atoms in total. The van der Waals surface area contributed by atoms with Crippen LogP contribution in [0.4, 0.5) is 0 Å². The standard InChI is InChI=1S/C20H18O7/c21-11-15-1-3-19(9-17(15)13-23)26-7-5-25-6-8-27-20-4-2-16(12-22)18(10-20)14-24/h1-4,9-14H,5-8H2. The lowest BCUT2D eigenvalue weighted by Crippen LogP contribution is -2.12. The molecular weight excluding hydrogens is 352 g/mol. The number of aldehydes is 4. The molecule has 0 aromatic heterocycles. The average Bonchev–Trinajstić information content (AvgIpc) is 2.72. The van der Waals surface area contributed by atoms with Gasteiger partial charge in [0.1, 0.15) is 24.7 Å². The van der Waals surface area contributed by atoms with Crippen LogP contribution in [0.1, 0.15) is 41.4 Å². The van der Waals surface area contributed by atoms with Gasteiger partial charge in [0.15, 0.2) is 25.1 Å². The summed E-state index contributed by atoms with van der Waals surface area (Å²) in [4.78, 5) is 43.3. The maximum absolute atomic E-state index is 10.9. The van der Waals surface area contributed by atoms with Crippen molar-refractivity contribution in [3.63, 3.8) is 0 Å². The molecule has 2 aromatic rings. The number of ether oxygens (including phenoxy) is 3. The SMILES string of the molecule is O=Cc1ccc(OCCOCCOc2ccc(C=O)c(C=O)c2)cc1C=O. The summed E-state index contributed by atoms with van der Waals surface area (Å²) < 4.78 is 16.3. The van der Waals surface area contributed by atoms with Gasteiger partial charge in [0.05, 0.1) is 13.2 Å². The first-order valence-corrected chi connectivity index (χ1v) is 8.14. The van der Waals surface area contributed by atoms with Gasteiger partial charge in [-0.2, -0.15) is 0 Å². The highest BCUT2D eigenvalue weighted by Crippen LogP contribution is 2.16. The van der Waals surface area contributed by atoms with Crippen LogP contribution in [-0.4, -0.2) is 51.6 Å². The zero-order chi connectivity index (χ0) is 19.5. The normalized spacial score (nSPS) is 10.1. The molecule has 0 radical (unpaired) electrons. The molecule has 0 aliphatic carbocycles. The first-order valence-electron chi connectivity index (χ1n) is 8.14. The summed E-state index contributed by atoms with van der Waals surface area (Å²) in [7, 11) is 0. The van der Waals surface area contributed by atoms with E-state index in [1.807, 2.05) is 0 Å². The van der Waals surface area contributed by atoms with Crippen LogP contribution in [0.2, 0.25) is 0 Å². The Bertz CT molecular complexity index is 746. The molecule has 140 valence electrons. The lowest BCUT2D eigenvalue weighted by molar-refractivity contribution is 0.0763. The Morgan fingerprint density at radius 3 is 1.33 bits per heavy atom. The van der Waals surface area contributed by atoms with E-state index in [9.17, 15) is 19.2 Å². The summed E-state index contributed by atoms with van der Waals surface area (Å²) in [6.45, 7) is 1.14. The van der Waals surface area contributed by atoms with Gasteiger partial charge in [0, 0.05) is 22.3 Å². The highest BCUT2D eigenvalue weighted by molar-refractivity contribution is 5.91. The predicted octanol–water partition coefficient (Wildman–Crippen LogP) is 2.41. The van der Waals surface area contributed by atoms with E-state index in [1.165, 1.54) is 24.3 Å². The lowest BCUT2D eigenvalue weighted by atomic mass is 10.1. The number of carbonyl (C=O) groups excluding carboxylic acids is 4. The van der Waals surface area contributed by atoms with Crippen LogP contribution in [0.3, 0.4) is 0 Å². The van der Waals surface area contributed by atoms with Crippen molar-refractivity contribution in [2.45, 2.75) is 0 Å². The van der Waals surface area contributed by atoms with Crippen molar-refractivity contribution in [3.05, 3.63) is 58.7 Å². The molecule has 0 amide bonds. The molecule has 0 N–H and O–H groups in total. The number of carbonyl (C=O) groups is 4. The second-order valence-electron chi connectivity index (χ2n) is 5.36. The Morgan fingerprint density at radius 2 is 0.963 bits per heavy atom. The molecule has 0 saturated heterocycles. The Balaban J connectivity index is 1.68. The number of rotatable bonds is 12. The molecule has 0 atom stereocenters. The molecule has 0 fully saturated rings.